The Balaban J connectivity index is 1.59. The second-order valence-electron chi connectivity index (χ2n) is 6.99. The molecule has 1 aliphatic heterocycles. The lowest BCUT2D eigenvalue weighted by molar-refractivity contribution is 0.0877. The summed E-state index contributed by atoms with van der Waals surface area (Å²) in [5.74, 6) is 0.175. The van der Waals surface area contributed by atoms with Crippen LogP contribution >= 0.6 is 0 Å². The first kappa shape index (κ1) is 16.4. The molecule has 1 saturated carbocycles. The Labute approximate surface area is 138 Å². The third-order valence-electron chi connectivity index (χ3n) is 5.27. The number of carbonyl (C=O) groups excluding carboxylic acids is 1. The minimum atomic E-state index is -0.304. The van der Waals surface area contributed by atoms with Crippen molar-refractivity contribution in [1.29, 1.82) is 0 Å². The lowest BCUT2D eigenvalue weighted by Crippen LogP contribution is -2.47. The van der Waals surface area contributed by atoms with Crippen molar-refractivity contribution < 1.29 is 9.18 Å². The van der Waals surface area contributed by atoms with Gasteiger partial charge in [0.15, 0.2) is 0 Å². The van der Waals surface area contributed by atoms with Gasteiger partial charge in [-0.05, 0) is 69.0 Å². The van der Waals surface area contributed by atoms with Gasteiger partial charge < -0.3 is 10.2 Å². The van der Waals surface area contributed by atoms with Crippen LogP contribution in [-0.2, 0) is 0 Å². The minimum absolute atomic E-state index is 0.0689. The van der Waals surface area contributed by atoms with E-state index in [0.717, 1.165) is 13.0 Å². The smallest absolute Gasteiger partial charge is 0.251 e. The van der Waals surface area contributed by atoms with Gasteiger partial charge >= 0.3 is 0 Å². The number of benzene rings is 1. The Hall–Kier alpha value is -1.42. The van der Waals surface area contributed by atoms with Gasteiger partial charge in [0.05, 0.1) is 0 Å². The fourth-order valence-electron chi connectivity index (χ4n) is 3.94. The summed E-state index contributed by atoms with van der Waals surface area (Å²) in [5.41, 5.74) is 0.550. The van der Waals surface area contributed by atoms with E-state index in [-0.39, 0.29) is 17.8 Å². The molecule has 0 radical (unpaired) electrons. The van der Waals surface area contributed by atoms with Gasteiger partial charge in [-0.3, -0.25) is 4.79 Å². The number of amides is 1. The molecule has 23 heavy (non-hydrogen) atoms. The highest BCUT2D eigenvalue weighted by Crippen LogP contribution is 2.26. The zero-order chi connectivity index (χ0) is 16.1. The van der Waals surface area contributed by atoms with E-state index in [1.54, 1.807) is 12.1 Å². The minimum Gasteiger partial charge on any atom is -0.349 e. The summed E-state index contributed by atoms with van der Waals surface area (Å²) in [6.07, 6.45) is 8.67. The molecule has 0 bridgehead atoms. The van der Waals surface area contributed by atoms with Crippen LogP contribution in [0.5, 0.6) is 0 Å². The summed E-state index contributed by atoms with van der Waals surface area (Å²) in [7, 11) is 0. The van der Waals surface area contributed by atoms with Crippen LogP contribution < -0.4 is 5.32 Å². The van der Waals surface area contributed by atoms with Crippen LogP contribution in [0.1, 0.15) is 55.3 Å². The van der Waals surface area contributed by atoms with E-state index in [9.17, 15) is 9.18 Å². The van der Waals surface area contributed by atoms with Crippen molar-refractivity contribution in [2.45, 2.75) is 51.0 Å². The van der Waals surface area contributed by atoms with Crippen LogP contribution in [0.15, 0.2) is 24.3 Å². The largest absolute Gasteiger partial charge is 0.349 e. The van der Waals surface area contributed by atoms with Crippen LogP contribution in [0, 0.1) is 11.7 Å². The summed E-state index contributed by atoms with van der Waals surface area (Å²) in [6.45, 7) is 3.51. The molecule has 1 saturated heterocycles. The monoisotopic (exact) mass is 318 g/mol. The van der Waals surface area contributed by atoms with Gasteiger partial charge in [0.25, 0.3) is 5.91 Å². The van der Waals surface area contributed by atoms with E-state index in [4.69, 9.17) is 0 Å². The molecule has 2 atom stereocenters. The lowest BCUT2D eigenvalue weighted by Gasteiger charge is -2.37. The summed E-state index contributed by atoms with van der Waals surface area (Å²) >= 11 is 0. The zero-order valence-electron chi connectivity index (χ0n) is 13.8. The van der Waals surface area contributed by atoms with E-state index in [1.807, 2.05) is 0 Å². The van der Waals surface area contributed by atoms with E-state index in [0.29, 0.717) is 11.5 Å². The molecule has 1 aliphatic carbocycles. The van der Waals surface area contributed by atoms with Crippen LogP contribution in [0.4, 0.5) is 4.39 Å². The maximum absolute atomic E-state index is 13.0. The first-order valence-corrected chi connectivity index (χ1v) is 9.01. The molecule has 4 heteroatoms. The number of nitrogens with one attached hydrogen (secondary N) is 1. The molecule has 3 rings (SSSR count). The Bertz CT molecular complexity index is 511. The zero-order valence-corrected chi connectivity index (χ0v) is 13.8. The predicted octanol–water partition coefficient (Wildman–Crippen LogP) is 3.60. The molecule has 126 valence electrons. The molecule has 1 aromatic rings. The van der Waals surface area contributed by atoms with Crippen molar-refractivity contribution in [2.75, 3.05) is 19.6 Å². The number of hydrogen-bond donors (Lipinski definition) is 1. The quantitative estimate of drug-likeness (QED) is 0.920. The average molecular weight is 318 g/mol. The first-order chi connectivity index (χ1) is 11.2. The van der Waals surface area contributed by atoms with Crippen molar-refractivity contribution in [3.05, 3.63) is 35.6 Å². The van der Waals surface area contributed by atoms with Crippen LogP contribution in [0.3, 0.4) is 0 Å². The van der Waals surface area contributed by atoms with Gasteiger partial charge in [0.1, 0.15) is 5.82 Å². The topological polar surface area (TPSA) is 32.3 Å². The molecule has 0 aromatic heterocycles. The molecule has 2 aliphatic rings. The molecule has 1 heterocycles. The van der Waals surface area contributed by atoms with Crippen molar-refractivity contribution in [2.24, 2.45) is 5.92 Å². The third-order valence-corrected chi connectivity index (χ3v) is 5.27. The second-order valence-corrected chi connectivity index (χ2v) is 6.99. The number of hydrogen-bond acceptors (Lipinski definition) is 2. The summed E-state index contributed by atoms with van der Waals surface area (Å²) in [4.78, 5) is 15.0. The predicted molar refractivity (Wildman–Crippen MR) is 89.9 cm³/mol. The highest BCUT2D eigenvalue weighted by Gasteiger charge is 2.28. The SMILES string of the molecule is O=C(N[C@@H]1CCCC[C@H]1CN1CCCCC1)c1ccc(F)cc1. The Kier molecular flexibility index (Phi) is 5.65. The van der Waals surface area contributed by atoms with Crippen molar-refractivity contribution >= 4 is 5.91 Å². The summed E-state index contributed by atoms with van der Waals surface area (Å²) < 4.78 is 13.0. The van der Waals surface area contributed by atoms with Gasteiger partial charge in [-0.15, -0.1) is 0 Å². The van der Waals surface area contributed by atoms with Gasteiger partial charge in [-0.25, -0.2) is 4.39 Å². The maximum atomic E-state index is 13.0. The number of piperidine rings is 1. The van der Waals surface area contributed by atoms with Gasteiger partial charge in [0, 0.05) is 18.2 Å². The molecule has 1 amide bonds. The Morgan fingerprint density at radius 1 is 1.04 bits per heavy atom. The van der Waals surface area contributed by atoms with E-state index >= 15 is 0 Å². The fraction of sp³-hybridized carbons (Fsp3) is 0.632. The summed E-state index contributed by atoms with van der Waals surface area (Å²) in [6, 6.07) is 6.07. The molecular formula is C19H27FN2O. The highest BCUT2D eigenvalue weighted by atomic mass is 19.1. The van der Waals surface area contributed by atoms with Gasteiger partial charge in [-0.2, -0.15) is 0 Å². The molecule has 1 aromatic carbocycles. The van der Waals surface area contributed by atoms with E-state index < -0.39 is 0 Å². The number of halogens is 1. The first-order valence-electron chi connectivity index (χ1n) is 9.01. The standard InChI is InChI=1S/C19H27FN2O/c20-17-10-8-15(9-11-17)19(23)21-18-7-3-2-6-16(18)14-22-12-4-1-5-13-22/h8-11,16,18H,1-7,12-14H2,(H,21,23)/t16-,18+/m0/s1. The molecule has 0 unspecified atom stereocenters. The van der Waals surface area contributed by atoms with Crippen LogP contribution in [0.25, 0.3) is 0 Å². The molecule has 3 nitrogen and oxygen atoms in total. The van der Waals surface area contributed by atoms with Gasteiger partial charge in [-0.1, -0.05) is 19.3 Å². The van der Waals surface area contributed by atoms with Crippen LogP contribution in [0.2, 0.25) is 0 Å². The van der Waals surface area contributed by atoms with Crippen molar-refractivity contribution in [3.8, 4) is 0 Å². The number of nitrogens with zero attached hydrogens (tertiary/aromatic N) is 1. The number of rotatable bonds is 4. The maximum Gasteiger partial charge on any atom is 0.251 e. The Morgan fingerprint density at radius 3 is 2.48 bits per heavy atom. The lowest BCUT2D eigenvalue weighted by atomic mass is 9.83. The van der Waals surface area contributed by atoms with Gasteiger partial charge in [0.2, 0.25) is 0 Å². The van der Waals surface area contributed by atoms with E-state index in [1.165, 1.54) is 63.7 Å². The van der Waals surface area contributed by atoms with Crippen LogP contribution in [-0.4, -0.2) is 36.5 Å². The molecule has 1 N–H and O–H groups in total. The van der Waals surface area contributed by atoms with Crippen molar-refractivity contribution in [3.63, 3.8) is 0 Å². The van der Waals surface area contributed by atoms with Crippen molar-refractivity contribution in [1.82, 2.24) is 10.2 Å². The normalized spacial score (nSPS) is 26.0. The average Bonchev–Trinajstić information content (AvgIpc) is 2.58. The highest BCUT2D eigenvalue weighted by molar-refractivity contribution is 5.94. The fourth-order valence-corrected chi connectivity index (χ4v) is 3.94. The summed E-state index contributed by atoms with van der Waals surface area (Å²) in [5, 5.41) is 3.21. The number of likely N-dealkylation sites (tertiary alicyclic amines) is 1. The molecule has 2 fully saturated rings. The molecular weight excluding hydrogens is 291 g/mol. The number of carbonyl (C=O) groups is 1. The molecule has 0 spiro atoms. The Morgan fingerprint density at radius 2 is 1.74 bits per heavy atom. The third kappa shape index (κ3) is 4.54. The second kappa shape index (κ2) is 7.91. The van der Waals surface area contributed by atoms with E-state index in [2.05, 4.69) is 10.2 Å².